The molecule has 1 heterocycles. The zero-order chi connectivity index (χ0) is 10.9. The molecule has 0 spiro atoms. The van der Waals surface area contributed by atoms with Crippen LogP contribution in [0.2, 0.25) is 0 Å². The zero-order valence-corrected chi connectivity index (χ0v) is 9.35. The summed E-state index contributed by atoms with van der Waals surface area (Å²) in [7, 11) is -3.05. The normalized spacial score (nSPS) is 11.6. The van der Waals surface area contributed by atoms with Gasteiger partial charge in [0.1, 0.15) is 0 Å². The highest BCUT2D eigenvalue weighted by Gasteiger charge is 2.11. The Hall–Kier alpha value is -1.10. The number of nitrogen functional groups attached to an aromatic ring is 1. The number of hydrogen-bond donors (Lipinski definition) is 1. The van der Waals surface area contributed by atoms with Gasteiger partial charge in [0.05, 0.1) is 11.4 Å². The summed E-state index contributed by atoms with van der Waals surface area (Å²) in [5.74, 6) is -0.0523. The van der Waals surface area contributed by atoms with Gasteiger partial charge in [-0.1, -0.05) is 0 Å². The van der Waals surface area contributed by atoms with Gasteiger partial charge in [0.15, 0.2) is 9.84 Å². The summed E-state index contributed by atoms with van der Waals surface area (Å²) in [6.07, 6.45) is 2.78. The maximum absolute atomic E-state index is 11.1. The molecule has 0 fully saturated rings. The predicted molar refractivity (Wildman–Crippen MR) is 56.7 cm³/mol. The van der Waals surface area contributed by atoms with Crippen molar-refractivity contribution in [1.82, 2.24) is 4.98 Å². The van der Waals surface area contributed by atoms with Crippen molar-refractivity contribution in [2.24, 2.45) is 0 Å². The molecule has 0 bridgehead atoms. The standard InChI is InChI=1S/C9H14N2O2S/c1-6-4-11-8(5-14(3,12)13)7(2)9(6)10/h4H,5H2,1-3H3,(H2,10,11). The Labute approximate surface area is 84.1 Å². The van der Waals surface area contributed by atoms with E-state index in [2.05, 4.69) is 4.98 Å². The molecule has 0 unspecified atom stereocenters. The first-order chi connectivity index (χ1) is 6.31. The van der Waals surface area contributed by atoms with Crippen molar-refractivity contribution < 1.29 is 8.42 Å². The number of aryl methyl sites for hydroxylation is 1. The van der Waals surface area contributed by atoms with Gasteiger partial charge in [0.25, 0.3) is 0 Å². The van der Waals surface area contributed by atoms with Gasteiger partial charge in [-0.25, -0.2) is 8.42 Å². The SMILES string of the molecule is Cc1cnc(CS(C)(=O)=O)c(C)c1N. The fourth-order valence-electron chi connectivity index (χ4n) is 1.19. The van der Waals surface area contributed by atoms with Gasteiger partial charge >= 0.3 is 0 Å². The molecule has 2 N–H and O–H groups in total. The molecule has 0 saturated heterocycles. The number of nitrogens with two attached hydrogens (primary N) is 1. The van der Waals surface area contributed by atoms with Crippen LogP contribution in [0.25, 0.3) is 0 Å². The largest absolute Gasteiger partial charge is 0.398 e. The van der Waals surface area contributed by atoms with E-state index >= 15 is 0 Å². The molecule has 0 atom stereocenters. The maximum atomic E-state index is 11.1. The molecule has 78 valence electrons. The van der Waals surface area contributed by atoms with E-state index in [9.17, 15) is 8.42 Å². The number of anilines is 1. The van der Waals surface area contributed by atoms with Crippen LogP contribution < -0.4 is 5.73 Å². The Balaban J connectivity index is 3.19. The number of rotatable bonds is 2. The van der Waals surface area contributed by atoms with E-state index in [1.165, 1.54) is 6.26 Å². The van der Waals surface area contributed by atoms with Crippen molar-refractivity contribution in [1.29, 1.82) is 0 Å². The van der Waals surface area contributed by atoms with E-state index in [1.807, 2.05) is 6.92 Å². The van der Waals surface area contributed by atoms with Gasteiger partial charge in [0, 0.05) is 18.1 Å². The average Bonchev–Trinajstić information content (AvgIpc) is 2.04. The van der Waals surface area contributed by atoms with E-state index in [0.717, 1.165) is 11.1 Å². The lowest BCUT2D eigenvalue weighted by Gasteiger charge is -2.08. The predicted octanol–water partition coefficient (Wildman–Crippen LogP) is 0.825. The topological polar surface area (TPSA) is 73.0 Å². The number of pyridine rings is 1. The van der Waals surface area contributed by atoms with E-state index < -0.39 is 9.84 Å². The lowest BCUT2D eigenvalue weighted by Crippen LogP contribution is -2.07. The van der Waals surface area contributed by atoms with Gasteiger partial charge in [-0.3, -0.25) is 4.98 Å². The average molecular weight is 214 g/mol. The first-order valence-corrected chi connectivity index (χ1v) is 6.25. The van der Waals surface area contributed by atoms with Crippen LogP contribution in [0.3, 0.4) is 0 Å². The van der Waals surface area contributed by atoms with E-state index in [4.69, 9.17) is 5.73 Å². The summed E-state index contributed by atoms with van der Waals surface area (Å²) < 4.78 is 22.1. The Morgan fingerprint density at radius 3 is 2.50 bits per heavy atom. The highest BCUT2D eigenvalue weighted by molar-refractivity contribution is 7.89. The first kappa shape index (κ1) is 11.0. The van der Waals surface area contributed by atoms with Crippen molar-refractivity contribution in [2.75, 3.05) is 12.0 Å². The molecule has 0 saturated carbocycles. The molecule has 1 rings (SSSR count). The Morgan fingerprint density at radius 2 is 2.00 bits per heavy atom. The Morgan fingerprint density at radius 1 is 1.43 bits per heavy atom. The molecule has 0 aromatic carbocycles. The smallest absolute Gasteiger partial charge is 0.153 e. The summed E-state index contributed by atoms with van der Waals surface area (Å²) in [6, 6.07) is 0. The molecule has 5 heteroatoms. The third kappa shape index (κ3) is 2.45. The minimum absolute atomic E-state index is 0.0523. The van der Waals surface area contributed by atoms with Crippen molar-refractivity contribution in [3.05, 3.63) is 23.0 Å². The van der Waals surface area contributed by atoms with Crippen molar-refractivity contribution in [3.8, 4) is 0 Å². The third-order valence-electron chi connectivity index (χ3n) is 2.07. The Kier molecular flexibility index (Phi) is 2.80. The molecule has 4 nitrogen and oxygen atoms in total. The molecule has 0 aliphatic rings. The van der Waals surface area contributed by atoms with Crippen LogP contribution in [0.15, 0.2) is 6.20 Å². The third-order valence-corrected chi connectivity index (χ3v) is 2.87. The van der Waals surface area contributed by atoms with E-state index in [1.54, 1.807) is 13.1 Å². The maximum Gasteiger partial charge on any atom is 0.153 e. The number of nitrogens with zero attached hydrogens (tertiary/aromatic N) is 1. The fourth-order valence-corrected chi connectivity index (χ4v) is 1.97. The van der Waals surface area contributed by atoms with Crippen molar-refractivity contribution >= 4 is 15.5 Å². The number of aromatic nitrogens is 1. The minimum atomic E-state index is -3.05. The molecule has 1 aromatic rings. The molecule has 14 heavy (non-hydrogen) atoms. The summed E-state index contributed by atoms with van der Waals surface area (Å²) in [5.41, 5.74) is 8.56. The number of sulfone groups is 1. The van der Waals surface area contributed by atoms with Gasteiger partial charge < -0.3 is 5.73 Å². The molecule has 0 aliphatic heterocycles. The van der Waals surface area contributed by atoms with Crippen LogP contribution in [-0.4, -0.2) is 19.7 Å². The number of hydrogen-bond acceptors (Lipinski definition) is 4. The van der Waals surface area contributed by atoms with Gasteiger partial charge in [-0.05, 0) is 25.0 Å². The van der Waals surface area contributed by atoms with Crippen LogP contribution in [0.4, 0.5) is 5.69 Å². The van der Waals surface area contributed by atoms with E-state index in [0.29, 0.717) is 11.4 Å². The summed E-state index contributed by atoms with van der Waals surface area (Å²) in [6.45, 7) is 3.63. The van der Waals surface area contributed by atoms with Gasteiger partial charge in [0.2, 0.25) is 0 Å². The highest BCUT2D eigenvalue weighted by atomic mass is 32.2. The second-order valence-electron chi connectivity index (χ2n) is 3.50. The second-order valence-corrected chi connectivity index (χ2v) is 5.64. The van der Waals surface area contributed by atoms with Crippen LogP contribution in [-0.2, 0) is 15.6 Å². The molecule has 0 aliphatic carbocycles. The second kappa shape index (κ2) is 3.57. The summed E-state index contributed by atoms with van der Waals surface area (Å²) in [4.78, 5) is 4.06. The lowest BCUT2D eigenvalue weighted by atomic mass is 10.1. The van der Waals surface area contributed by atoms with Crippen LogP contribution in [0, 0.1) is 13.8 Å². The van der Waals surface area contributed by atoms with Crippen LogP contribution >= 0.6 is 0 Å². The van der Waals surface area contributed by atoms with Crippen LogP contribution in [0.1, 0.15) is 16.8 Å². The summed E-state index contributed by atoms with van der Waals surface area (Å²) in [5, 5.41) is 0. The van der Waals surface area contributed by atoms with Gasteiger partial charge in [-0.2, -0.15) is 0 Å². The fraction of sp³-hybridized carbons (Fsp3) is 0.444. The molecule has 1 aromatic heterocycles. The molecule has 0 amide bonds. The Bertz CT molecular complexity index is 452. The van der Waals surface area contributed by atoms with Crippen molar-refractivity contribution in [3.63, 3.8) is 0 Å². The monoisotopic (exact) mass is 214 g/mol. The minimum Gasteiger partial charge on any atom is -0.398 e. The highest BCUT2D eigenvalue weighted by Crippen LogP contribution is 2.19. The van der Waals surface area contributed by atoms with Crippen LogP contribution in [0.5, 0.6) is 0 Å². The molecule has 0 radical (unpaired) electrons. The molecular weight excluding hydrogens is 200 g/mol. The quantitative estimate of drug-likeness (QED) is 0.791. The zero-order valence-electron chi connectivity index (χ0n) is 8.53. The van der Waals surface area contributed by atoms with E-state index in [-0.39, 0.29) is 5.75 Å². The first-order valence-electron chi connectivity index (χ1n) is 4.19. The lowest BCUT2D eigenvalue weighted by molar-refractivity contribution is 0.600. The summed E-state index contributed by atoms with van der Waals surface area (Å²) >= 11 is 0. The molecular formula is C9H14N2O2S. The van der Waals surface area contributed by atoms with Crippen molar-refractivity contribution in [2.45, 2.75) is 19.6 Å². The van der Waals surface area contributed by atoms with Gasteiger partial charge in [-0.15, -0.1) is 0 Å².